The van der Waals surface area contributed by atoms with Gasteiger partial charge in [-0.25, -0.2) is 9.48 Å². The summed E-state index contributed by atoms with van der Waals surface area (Å²) in [5, 5.41) is 7.88. The number of carbonyl (C=O) groups excluding carboxylic acids is 3. The molecule has 26 heavy (non-hydrogen) atoms. The minimum absolute atomic E-state index is 0.0167. The Hall–Kier alpha value is -2.25. The van der Waals surface area contributed by atoms with Crippen molar-refractivity contribution in [3.63, 3.8) is 0 Å². The summed E-state index contributed by atoms with van der Waals surface area (Å²) in [4.78, 5) is 35.8. The van der Waals surface area contributed by atoms with E-state index in [4.69, 9.17) is 4.74 Å². The van der Waals surface area contributed by atoms with Crippen LogP contribution in [0.25, 0.3) is 0 Å². The van der Waals surface area contributed by atoms with Crippen molar-refractivity contribution in [3.8, 4) is 0 Å². The van der Waals surface area contributed by atoms with E-state index in [0.717, 1.165) is 25.7 Å². The third-order valence-electron chi connectivity index (χ3n) is 5.45. The Labute approximate surface area is 152 Å². The number of methoxy groups -OCH3 is 1. The van der Waals surface area contributed by atoms with E-state index in [-0.39, 0.29) is 41.4 Å². The van der Waals surface area contributed by atoms with Gasteiger partial charge in [0, 0.05) is 12.8 Å². The van der Waals surface area contributed by atoms with Gasteiger partial charge in [0.25, 0.3) is 0 Å². The molecule has 4 atom stereocenters. The molecule has 0 radical (unpaired) electrons. The van der Waals surface area contributed by atoms with Gasteiger partial charge in [0.15, 0.2) is 5.69 Å². The van der Waals surface area contributed by atoms with Gasteiger partial charge in [-0.15, -0.1) is 5.10 Å². The fourth-order valence-corrected chi connectivity index (χ4v) is 3.95. The van der Waals surface area contributed by atoms with Gasteiger partial charge in [0.05, 0.1) is 25.3 Å². The van der Waals surface area contributed by atoms with Crippen molar-refractivity contribution in [2.45, 2.75) is 64.0 Å². The lowest BCUT2D eigenvalue weighted by Gasteiger charge is -2.33. The lowest BCUT2D eigenvalue weighted by atomic mass is 9.80. The van der Waals surface area contributed by atoms with Crippen LogP contribution in [0.2, 0.25) is 0 Å². The van der Waals surface area contributed by atoms with Crippen LogP contribution < -0.4 is 0 Å². The summed E-state index contributed by atoms with van der Waals surface area (Å²) in [6, 6.07) is -0.140. The highest BCUT2D eigenvalue weighted by molar-refractivity contribution is 5.86. The fraction of sp³-hybridized carbons (Fsp3) is 0.722. The fourth-order valence-electron chi connectivity index (χ4n) is 3.95. The van der Waals surface area contributed by atoms with E-state index in [9.17, 15) is 14.4 Å². The molecule has 2 saturated carbocycles. The highest BCUT2D eigenvalue weighted by Crippen LogP contribution is 2.34. The average Bonchev–Trinajstić information content (AvgIpc) is 3.11. The summed E-state index contributed by atoms with van der Waals surface area (Å²) in [6.07, 6.45) is 6.24. The Morgan fingerprint density at radius 3 is 2.73 bits per heavy atom. The van der Waals surface area contributed by atoms with E-state index in [0.29, 0.717) is 19.3 Å². The Balaban J connectivity index is 1.69. The topological polar surface area (TPSA) is 100 Å². The van der Waals surface area contributed by atoms with Crippen LogP contribution in [0.4, 0.5) is 0 Å². The molecule has 0 unspecified atom stereocenters. The SMILES string of the molecule is COC(=O)c1cn([C@@H]2CCCC[C@H]2OC(=O)[C@@H]2CCC(=O)C[C@@H]2C)nn1. The molecule has 2 aliphatic carbocycles. The lowest BCUT2D eigenvalue weighted by Crippen LogP contribution is -2.37. The van der Waals surface area contributed by atoms with Crippen LogP contribution in [-0.4, -0.2) is 45.9 Å². The van der Waals surface area contributed by atoms with E-state index in [1.807, 2.05) is 6.92 Å². The van der Waals surface area contributed by atoms with Crippen LogP contribution in [0, 0.1) is 11.8 Å². The van der Waals surface area contributed by atoms with Crippen LogP contribution >= 0.6 is 0 Å². The summed E-state index contributed by atoms with van der Waals surface area (Å²) in [5.74, 6) is -0.758. The standard InChI is InChI=1S/C18H25N3O5/c1-11-9-12(22)7-8-13(11)17(23)26-16-6-4-3-5-15(16)21-10-14(19-20-21)18(24)25-2/h10-11,13,15-16H,3-9H2,1-2H3/t11-,13+,15+,16+/m0/s1. The first-order chi connectivity index (χ1) is 12.5. The van der Waals surface area contributed by atoms with Gasteiger partial charge < -0.3 is 9.47 Å². The van der Waals surface area contributed by atoms with Gasteiger partial charge >= 0.3 is 11.9 Å². The number of Topliss-reactive ketones (excluding diaryl/α,β-unsaturated/α-hetero) is 1. The summed E-state index contributed by atoms with van der Waals surface area (Å²) < 4.78 is 12.1. The molecular formula is C18H25N3O5. The van der Waals surface area contributed by atoms with Crippen LogP contribution in [-0.2, 0) is 19.1 Å². The van der Waals surface area contributed by atoms with Crippen LogP contribution in [0.5, 0.6) is 0 Å². The van der Waals surface area contributed by atoms with Gasteiger partial charge in [-0.2, -0.15) is 0 Å². The Bertz CT molecular complexity index is 686. The molecule has 1 heterocycles. The monoisotopic (exact) mass is 363 g/mol. The van der Waals surface area contributed by atoms with Crippen molar-refractivity contribution in [1.82, 2.24) is 15.0 Å². The maximum Gasteiger partial charge on any atom is 0.360 e. The predicted molar refractivity (Wildman–Crippen MR) is 90.3 cm³/mol. The zero-order chi connectivity index (χ0) is 18.7. The number of esters is 2. The summed E-state index contributed by atoms with van der Waals surface area (Å²) in [7, 11) is 1.29. The van der Waals surface area contributed by atoms with Crippen molar-refractivity contribution in [2.24, 2.45) is 11.8 Å². The number of nitrogens with zero attached hydrogens (tertiary/aromatic N) is 3. The second-order valence-electron chi connectivity index (χ2n) is 7.27. The van der Waals surface area contributed by atoms with Crippen LogP contribution in [0.1, 0.15) is 68.4 Å². The van der Waals surface area contributed by atoms with E-state index in [1.165, 1.54) is 7.11 Å². The number of hydrogen-bond acceptors (Lipinski definition) is 7. The minimum atomic E-state index is -0.540. The lowest BCUT2D eigenvalue weighted by molar-refractivity contribution is -0.161. The normalized spacial score (nSPS) is 29.2. The zero-order valence-electron chi connectivity index (χ0n) is 15.2. The molecule has 8 heteroatoms. The molecule has 0 aliphatic heterocycles. The van der Waals surface area contributed by atoms with Gasteiger partial charge in [-0.3, -0.25) is 9.59 Å². The molecule has 1 aromatic rings. The van der Waals surface area contributed by atoms with E-state index in [2.05, 4.69) is 15.0 Å². The number of rotatable bonds is 4. The second kappa shape index (κ2) is 7.97. The summed E-state index contributed by atoms with van der Waals surface area (Å²) in [5.41, 5.74) is 0.141. The van der Waals surface area contributed by atoms with Crippen LogP contribution in [0.15, 0.2) is 6.20 Å². The molecule has 8 nitrogen and oxygen atoms in total. The Morgan fingerprint density at radius 1 is 1.23 bits per heavy atom. The number of aromatic nitrogens is 3. The van der Waals surface area contributed by atoms with Gasteiger partial charge in [-0.1, -0.05) is 18.6 Å². The molecule has 1 aromatic heterocycles. The van der Waals surface area contributed by atoms with Crippen molar-refractivity contribution >= 4 is 17.7 Å². The number of carbonyl (C=O) groups is 3. The molecule has 0 saturated heterocycles. The maximum atomic E-state index is 12.7. The first-order valence-corrected chi connectivity index (χ1v) is 9.22. The maximum absolute atomic E-state index is 12.7. The minimum Gasteiger partial charge on any atom is -0.464 e. The van der Waals surface area contributed by atoms with Crippen molar-refractivity contribution in [1.29, 1.82) is 0 Å². The van der Waals surface area contributed by atoms with Gasteiger partial charge in [0.2, 0.25) is 0 Å². The zero-order valence-corrected chi connectivity index (χ0v) is 15.2. The molecule has 2 aliphatic rings. The van der Waals surface area contributed by atoms with Crippen LogP contribution in [0.3, 0.4) is 0 Å². The quantitative estimate of drug-likeness (QED) is 0.755. The first kappa shape index (κ1) is 18.5. The third kappa shape index (κ3) is 3.94. The van der Waals surface area contributed by atoms with Gasteiger partial charge in [0.1, 0.15) is 11.9 Å². The molecule has 0 bridgehead atoms. The highest BCUT2D eigenvalue weighted by atomic mass is 16.5. The predicted octanol–water partition coefficient (Wildman–Crippen LogP) is 2.10. The molecular weight excluding hydrogens is 338 g/mol. The highest BCUT2D eigenvalue weighted by Gasteiger charge is 2.37. The van der Waals surface area contributed by atoms with E-state index in [1.54, 1.807) is 10.9 Å². The van der Waals surface area contributed by atoms with Crippen molar-refractivity contribution < 1.29 is 23.9 Å². The molecule has 0 spiro atoms. The number of ketones is 1. The number of ether oxygens (including phenoxy) is 2. The van der Waals surface area contributed by atoms with E-state index >= 15 is 0 Å². The Morgan fingerprint density at radius 2 is 2.00 bits per heavy atom. The molecule has 142 valence electrons. The summed E-state index contributed by atoms with van der Waals surface area (Å²) in [6.45, 7) is 1.93. The largest absolute Gasteiger partial charge is 0.464 e. The smallest absolute Gasteiger partial charge is 0.360 e. The third-order valence-corrected chi connectivity index (χ3v) is 5.45. The summed E-state index contributed by atoms with van der Waals surface area (Å²) >= 11 is 0. The first-order valence-electron chi connectivity index (χ1n) is 9.22. The molecule has 0 amide bonds. The van der Waals surface area contributed by atoms with E-state index < -0.39 is 5.97 Å². The molecule has 2 fully saturated rings. The number of hydrogen-bond donors (Lipinski definition) is 0. The molecule has 3 rings (SSSR count). The van der Waals surface area contributed by atoms with Gasteiger partial charge in [-0.05, 0) is 31.6 Å². The average molecular weight is 363 g/mol. The molecule has 0 N–H and O–H groups in total. The van der Waals surface area contributed by atoms with Crippen molar-refractivity contribution in [3.05, 3.63) is 11.9 Å². The second-order valence-corrected chi connectivity index (χ2v) is 7.27. The molecule has 0 aromatic carbocycles. The van der Waals surface area contributed by atoms with Crippen molar-refractivity contribution in [2.75, 3.05) is 7.11 Å². The Kier molecular flexibility index (Phi) is 5.68.